The fourth-order valence-corrected chi connectivity index (χ4v) is 8.89. The fraction of sp³-hybridized carbons (Fsp3) is 1.00. The van der Waals surface area contributed by atoms with Crippen molar-refractivity contribution in [3.63, 3.8) is 0 Å². The lowest BCUT2D eigenvalue weighted by atomic mass is 9.44. The first-order valence-corrected chi connectivity index (χ1v) is 12.7. The van der Waals surface area contributed by atoms with Crippen LogP contribution in [0.3, 0.4) is 0 Å². The van der Waals surface area contributed by atoms with Crippen molar-refractivity contribution in [3.05, 3.63) is 0 Å². The van der Waals surface area contributed by atoms with Gasteiger partial charge in [-0.1, -0.05) is 40.5 Å². The van der Waals surface area contributed by atoms with Gasteiger partial charge in [-0.3, -0.25) is 0 Å². The van der Waals surface area contributed by atoms with Gasteiger partial charge in [-0.2, -0.15) is 0 Å². The summed E-state index contributed by atoms with van der Waals surface area (Å²) < 4.78 is 0. The van der Waals surface area contributed by atoms with E-state index in [-0.39, 0.29) is 35.1 Å². The molecule has 0 aliphatic heterocycles. The summed E-state index contributed by atoms with van der Waals surface area (Å²) in [5.74, 6) is 3.39. The van der Waals surface area contributed by atoms with Gasteiger partial charge >= 0.3 is 0 Å². The second-order valence-corrected chi connectivity index (χ2v) is 12.3. The van der Waals surface area contributed by atoms with Crippen molar-refractivity contribution in [2.24, 2.45) is 46.3 Å². The molecule has 3 N–H and O–H groups in total. The van der Waals surface area contributed by atoms with Crippen LogP contribution in [0.25, 0.3) is 0 Å². The molecular formula is C26H46O3. The number of hydrogen-bond donors (Lipinski definition) is 3. The van der Waals surface area contributed by atoms with E-state index in [2.05, 4.69) is 27.7 Å². The van der Waals surface area contributed by atoms with Crippen LogP contribution in [-0.2, 0) is 0 Å². The Morgan fingerprint density at radius 1 is 0.828 bits per heavy atom. The van der Waals surface area contributed by atoms with Crippen molar-refractivity contribution in [2.75, 3.05) is 0 Å². The molecule has 0 radical (unpaired) electrons. The Morgan fingerprint density at radius 3 is 2.24 bits per heavy atom. The minimum Gasteiger partial charge on any atom is -0.393 e. The highest BCUT2D eigenvalue weighted by Gasteiger charge is 2.62. The topological polar surface area (TPSA) is 60.7 Å². The van der Waals surface area contributed by atoms with Crippen molar-refractivity contribution >= 4 is 0 Å². The maximum absolute atomic E-state index is 11.1. The van der Waals surface area contributed by atoms with Gasteiger partial charge in [0.25, 0.3) is 0 Å². The normalized spacial score (nSPS) is 50.7. The van der Waals surface area contributed by atoms with Crippen molar-refractivity contribution in [1.82, 2.24) is 0 Å². The zero-order valence-electron chi connectivity index (χ0n) is 19.3. The van der Waals surface area contributed by atoms with Gasteiger partial charge < -0.3 is 15.3 Å². The van der Waals surface area contributed by atoms with Gasteiger partial charge in [0.1, 0.15) is 0 Å². The Balaban J connectivity index is 1.50. The van der Waals surface area contributed by atoms with Gasteiger partial charge in [0.2, 0.25) is 0 Å². The first-order valence-electron chi connectivity index (χ1n) is 12.7. The zero-order chi connectivity index (χ0) is 21.0. The second-order valence-electron chi connectivity index (χ2n) is 12.3. The van der Waals surface area contributed by atoms with Crippen LogP contribution in [0.4, 0.5) is 0 Å². The molecule has 4 aliphatic carbocycles. The van der Waals surface area contributed by atoms with E-state index in [1.54, 1.807) is 0 Å². The standard InChI is InChI=1S/C26H46O3/c1-16(2)6-5-7-23(28)21-9-8-19-18-15-24(29)22-14-17(27)10-12-26(22,4)20(18)11-13-25(19,21)3/h16-24,27-29H,5-15H2,1-4H3/t17-,18-,19-,20-,21+,22+,23-,24-,25-,26+/m0/s1. The molecule has 0 spiro atoms. The number of aliphatic hydroxyl groups is 3. The zero-order valence-corrected chi connectivity index (χ0v) is 19.3. The lowest BCUT2D eigenvalue weighted by Gasteiger charge is -2.62. The monoisotopic (exact) mass is 406 g/mol. The molecule has 29 heavy (non-hydrogen) atoms. The van der Waals surface area contributed by atoms with E-state index < -0.39 is 0 Å². The molecular weight excluding hydrogens is 360 g/mol. The van der Waals surface area contributed by atoms with Gasteiger partial charge in [0.05, 0.1) is 18.3 Å². The van der Waals surface area contributed by atoms with Crippen LogP contribution in [0.5, 0.6) is 0 Å². The summed E-state index contributed by atoms with van der Waals surface area (Å²) in [4.78, 5) is 0. The van der Waals surface area contributed by atoms with Crippen molar-refractivity contribution in [3.8, 4) is 0 Å². The molecule has 4 saturated carbocycles. The highest BCUT2D eigenvalue weighted by atomic mass is 16.3. The average Bonchev–Trinajstić information content (AvgIpc) is 3.00. The largest absolute Gasteiger partial charge is 0.393 e. The molecule has 0 bridgehead atoms. The molecule has 0 amide bonds. The quantitative estimate of drug-likeness (QED) is 0.591. The lowest BCUT2D eigenvalue weighted by Crippen LogP contribution is -2.58. The Morgan fingerprint density at radius 2 is 1.52 bits per heavy atom. The third-order valence-corrected chi connectivity index (χ3v) is 10.5. The fourth-order valence-electron chi connectivity index (χ4n) is 8.89. The van der Waals surface area contributed by atoms with E-state index in [9.17, 15) is 15.3 Å². The third kappa shape index (κ3) is 3.72. The molecule has 4 rings (SSSR count). The molecule has 0 unspecified atom stereocenters. The maximum Gasteiger partial charge on any atom is 0.0577 e. The van der Waals surface area contributed by atoms with E-state index in [4.69, 9.17) is 0 Å². The number of aliphatic hydroxyl groups excluding tert-OH is 3. The molecule has 0 saturated heterocycles. The Bertz CT molecular complexity index is 576. The molecule has 4 fully saturated rings. The van der Waals surface area contributed by atoms with E-state index in [1.165, 1.54) is 32.1 Å². The van der Waals surface area contributed by atoms with Crippen molar-refractivity contribution in [1.29, 1.82) is 0 Å². The molecule has 0 aromatic carbocycles. The Labute approximate surface area is 178 Å². The minimum atomic E-state index is -0.256. The molecule has 3 heteroatoms. The second kappa shape index (κ2) is 8.10. The minimum absolute atomic E-state index is 0.151. The van der Waals surface area contributed by atoms with Gasteiger partial charge in [-0.05, 0) is 104 Å². The summed E-state index contributed by atoms with van der Waals surface area (Å²) in [7, 11) is 0. The average molecular weight is 407 g/mol. The van der Waals surface area contributed by atoms with Crippen LogP contribution in [-0.4, -0.2) is 33.6 Å². The van der Waals surface area contributed by atoms with E-state index in [0.29, 0.717) is 23.7 Å². The summed E-state index contributed by atoms with van der Waals surface area (Å²) in [6, 6.07) is 0. The molecule has 4 aliphatic rings. The summed E-state index contributed by atoms with van der Waals surface area (Å²) in [6.45, 7) is 9.45. The highest BCUT2D eigenvalue weighted by Crippen LogP contribution is 2.67. The van der Waals surface area contributed by atoms with Gasteiger partial charge in [0, 0.05) is 0 Å². The van der Waals surface area contributed by atoms with E-state index in [0.717, 1.165) is 44.4 Å². The first kappa shape index (κ1) is 22.1. The van der Waals surface area contributed by atoms with Gasteiger partial charge in [0.15, 0.2) is 0 Å². The predicted octanol–water partition coefficient (Wildman–Crippen LogP) is 5.16. The van der Waals surface area contributed by atoms with Gasteiger partial charge in [-0.15, -0.1) is 0 Å². The van der Waals surface area contributed by atoms with Crippen LogP contribution >= 0.6 is 0 Å². The number of fused-ring (bicyclic) bond motifs is 5. The number of rotatable bonds is 5. The van der Waals surface area contributed by atoms with E-state index in [1.807, 2.05) is 0 Å². The molecule has 0 aromatic heterocycles. The first-order chi connectivity index (χ1) is 13.7. The Hall–Kier alpha value is -0.120. The highest BCUT2D eigenvalue weighted by molar-refractivity contribution is 5.11. The predicted molar refractivity (Wildman–Crippen MR) is 117 cm³/mol. The molecule has 0 aromatic rings. The SMILES string of the molecule is CC(C)CCC[C@H](O)[C@H]1CC[C@H]2[C@@H]3C[C@H](O)[C@H]4C[C@@H](O)CC[C@]4(C)[C@H]3CC[C@]12C. The summed E-state index contributed by atoms with van der Waals surface area (Å²) in [5, 5.41) is 32.4. The van der Waals surface area contributed by atoms with Crippen LogP contribution in [0.15, 0.2) is 0 Å². The summed E-state index contributed by atoms with van der Waals surface area (Å²) >= 11 is 0. The van der Waals surface area contributed by atoms with Gasteiger partial charge in [-0.25, -0.2) is 0 Å². The molecule has 168 valence electrons. The summed E-state index contributed by atoms with van der Waals surface area (Å²) in [6.07, 6.45) is 11.3. The van der Waals surface area contributed by atoms with Crippen molar-refractivity contribution in [2.45, 2.75) is 117 Å². The van der Waals surface area contributed by atoms with Crippen LogP contribution in [0.2, 0.25) is 0 Å². The smallest absolute Gasteiger partial charge is 0.0577 e. The lowest BCUT2D eigenvalue weighted by molar-refractivity contribution is -0.174. The molecule has 0 heterocycles. The number of hydrogen-bond acceptors (Lipinski definition) is 3. The maximum atomic E-state index is 11.1. The molecule has 3 nitrogen and oxygen atoms in total. The molecule has 10 atom stereocenters. The van der Waals surface area contributed by atoms with Crippen LogP contribution in [0, 0.1) is 46.3 Å². The van der Waals surface area contributed by atoms with Crippen LogP contribution in [0.1, 0.15) is 98.3 Å². The van der Waals surface area contributed by atoms with Crippen molar-refractivity contribution < 1.29 is 15.3 Å². The summed E-state index contributed by atoms with van der Waals surface area (Å²) in [5.41, 5.74) is 0.437. The Kier molecular flexibility index (Phi) is 6.17. The third-order valence-electron chi connectivity index (χ3n) is 10.5. The van der Waals surface area contributed by atoms with E-state index >= 15 is 0 Å². The van der Waals surface area contributed by atoms with Crippen LogP contribution < -0.4 is 0 Å².